The van der Waals surface area contributed by atoms with Gasteiger partial charge in [0.15, 0.2) is 5.82 Å². The molecule has 1 aliphatic heterocycles. The maximum absolute atomic E-state index is 13.6. The predicted octanol–water partition coefficient (Wildman–Crippen LogP) is 2.42. The van der Waals surface area contributed by atoms with Crippen LogP contribution in [0.25, 0.3) is 0 Å². The van der Waals surface area contributed by atoms with Crippen molar-refractivity contribution in [2.75, 3.05) is 13.1 Å². The van der Waals surface area contributed by atoms with Gasteiger partial charge in [0.25, 0.3) is 10.0 Å². The number of sulfonamides is 1. The number of rotatable bonds is 3. The molecule has 4 nitrogen and oxygen atoms in total. The third kappa shape index (κ3) is 2.79. The first kappa shape index (κ1) is 14.4. The van der Waals surface area contributed by atoms with E-state index in [-0.39, 0.29) is 5.41 Å². The van der Waals surface area contributed by atoms with Gasteiger partial charge in [-0.05, 0) is 30.4 Å². The van der Waals surface area contributed by atoms with Crippen molar-refractivity contribution >= 4 is 10.0 Å². The van der Waals surface area contributed by atoms with Crippen LogP contribution in [0, 0.1) is 11.2 Å². The van der Waals surface area contributed by atoms with Crippen LogP contribution in [0.15, 0.2) is 23.4 Å². The van der Waals surface area contributed by atoms with Gasteiger partial charge in [-0.1, -0.05) is 20.3 Å². The molecular weight excluding hydrogens is 267 g/mol. The molecule has 0 saturated carbocycles. The molecular formula is C13H19FN2O2S. The summed E-state index contributed by atoms with van der Waals surface area (Å²) in [6, 6.07) is 2.51. The second kappa shape index (κ2) is 5.17. The molecule has 0 bridgehead atoms. The first-order valence-corrected chi connectivity index (χ1v) is 7.94. The Kier molecular flexibility index (Phi) is 3.92. The molecule has 0 amide bonds. The monoisotopic (exact) mass is 286 g/mol. The minimum absolute atomic E-state index is 0.189. The van der Waals surface area contributed by atoms with Crippen LogP contribution in [0.4, 0.5) is 4.39 Å². The first-order chi connectivity index (χ1) is 8.89. The van der Waals surface area contributed by atoms with Gasteiger partial charge in [-0.3, -0.25) is 0 Å². The lowest BCUT2D eigenvalue weighted by Gasteiger charge is -2.37. The average Bonchev–Trinajstić information content (AvgIpc) is 2.39. The number of nitrogens with zero attached hydrogens (tertiary/aromatic N) is 2. The topological polar surface area (TPSA) is 50.3 Å². The zero-order valence-electron chi connectivity index (χ0n) is 11.3. The van der Waals surface area contributed by atoms with Crippen molar-refractivity contribution in [2.24, 2.45) is 5.41 Å². The maximum atomic E-state index is 13.6. The molecule has 1 aliphatic rings. The molecule has 1 aromatic heterocycles. The van der Waals surface area contributed by atoms with Crippen LogP contribution >= 0.6 is 0 Å². The van der Waals surface area contributed by atoms with E-state index in [1.807, 2.05) is 0 Å². The van der Waals surface area contributed by atoms with Crippen LogP contribution in [-0.4, -0.2) is 30.8 Å². The van der Waals surface area contributed by atoms with Gasteiger partial charge in [0, 0.05) is 19.3 Å². The molecule has 0 aliphatic carbocycles. The molecule has 0 N–H and O–H groups in total. The van der Waals surface area contributed by atoms with Gasteiger partial charge in [-0.2, -0.15) is 4.31 Å². The van der Waals surface area contributed by atoms with E-state index in [1.165, 1.54) is 16.6 Å². The lowest BCUT2D eigenvalue weighted by molar-refractivity contribution is 0.168. The molecule has 106 valence electrons. The van der Waals surface area contributed by atoms with Crippen LogP contribution in [0.3, 0.4) is 0 Å². The average molecular weight is 286 g/mol. The second-order valence-corrected chi connectivity index (χ2v) is 7.21. The molecule has 0 radical (unpaired) electrons. The largest absolute Gasteiger partial charge is 0.263 e. The fraction of sp³-hybridized carbons (Fsp3) is 0.615. The Balaban J connectivity index is 2.22. The highest BCUT2D eigenvalue weighted by Crippen LogP contribution is 2.35. The van der Waals surface area contributed by atoms with Crippen molar-refractivity contribution in [3.05, 3.63) is 24.1 Å². The van der Waals surface area contributed by atoms with Crippen LogP contribution in [0.2, 0.25) is 0 Å². The van der Waals surface area contributed by atoms with Crippen molar-refractivity contribution in [3.8, 4) is 0 Å². The minimum Gasteiger partial charge on any atom is -0.241 e. The van der Waals surface area contributed by atoms with Gasteiger partial charge in [0.2, 0.25) is 5.03 Å². The number of pyridine rings is 1. The van der Waals surface area contributed by atoms with Gasteiger partial charge in [-0.15, -0.1) is 0 Å². The lowest BCUT2D eigenvalue weighted by Crippen LogP contribution is -2.42. The summed E-state index contributed by atoms with van der Waals surface area (Å²) in [5.41, 5.74) is 0.189. The second-order valence-electron chi connectivity index (χ2n) is 5.36. The van der Waals surface area contributed by atoms with E-state index in [4.69, 9.17) is 0 Å². The Bertz CT molecular complexity index is 552. The van der Waals surface area contributed by atoms with Gasteiger partial charge >= 0.3 is 0 Å². The number of hydrogen-bond donors (Lipinski definition) is 0. The van der Waals surface area contributed by atoms with E-state index < -0.39 is 20.9 Å². The summed E-state index contributed by atoms with van der Waals surface area (Å²) in [6.45, 7) is 5.15. The third-order valence-corrected chi connectivity index (χ3v) is 5.93. The number of piperidine rings is 1. The SMILES string of the molecule is CCC1(C)CCN(S(=O)(=O)c2ncccc2F)CC1. The van der Waals surface area contributed by atoms with E-state index in [9.17, 15) is 12.8 Å². The van der Waals surface area contributed by atoms with E-state index in [2.05, 4.69) is 18.8 Å². The van der Waals surface area contributed by atoms with Crippen molar-refractivity contribution in [1.29, 1.82) is 0 Å². The normalized spacial score (nSPS) is 20.4. The molecule has 1 fully saturated rings. The molecule has 0 aromatic carbocycles. The molecule has 2 heterocycles. The standard InChI is InChI=1S/C13H19FN2O2S/c1-3-13(2)6-9-16(10-7-13)19(17,18)12-11(14)5-4-8-15-12/h4-5,8H,3,6-7,9-10H2,1-2H3. The summed E-state index contributed by atoms with van der Waals surface area (Å²) in [6.07, 6.45) is 3.93. The van der Waals surface area contributed by atoms with Crippen LogP contribution in [0.5, 0.6) is 0 Å². The van der Waals surface area contributed by atoms with Crippen molar-refractivity contribution in [2.45, 2.75) is 38.1 Å². The Hall–Kier alpha value is -1.01. The molecule has 19 heavy (non-hydrogen) atoms. The van der Waals surface area contributed by atoms with Gasteiger partial charge in [0.1, 0.15) is 0 Å². The van der Waals surface area contributed by atoms with Gasteiger partial charge in [-0.25, -0.2) is 17.8 Å². The third-order valence-electron chi connectivity index (χ3n) is 4.09. The van der Waals surface area contributed by atoms with E-state index in [0.29, 0.717) is 13.1 Å². The molecule has 0 atom stereocenters. The molecule has 2 rings (SSSR count). The van der Waals surface area contributed by atoms with Crippen molar-refractivity contribution in [3.63, 3.8) is 0 Å². The molecule has 1 aromatic rings. The first-order valence-electron chi connectivity index (χ1n) is 6.50. The molecule has 0 unspecified atom stereocenters. The maximum Gasteiger partial charge on any atom is 0.263 e. The van der Waals surface area contributed by atoms with Gasteiger partial charge < -0.3 is 0 Å². The quantitative estimate of drug-likeness (QED) is 0.857. The summed E-state index contributed by atoms with van der Waals surface area (Å²) in [5, 5.41) is -0.463. The summed E-state index contributed by atoms with van der Waals surface area (Å²) in [5.74, 6) is -0.786. The Morgan fingerprint density at radius 1 is 1.42 bits per heavy atom. The van der Waals surface area contributed by atoms with Gasteiger partial charge in [0.05, 0.1) is 0 Å². The highest BCUT2D eigenvalue weighted by molar-refractivity contribution is 7.89. The van der Waals surface area contributed by atoms with Crippen molar-refractivity contribution < 1.29 is 12.8 Å². The number of hydrogen-bond acceptors (Lipinski definition) is 3. The van der Waals surface area contributed by atoms with Crippen LogP contribution in [-0.2, 0) is 10.0 Å². The van der Waals surface area contributed by atoms with E-state index in [1.54, 1.807) is 0 Å². The van der Waals surface area contributed by atoms with Crippen LogP contribution < -0.4 is 0 Å². The minimum atomic E-state index is -3.80. The fourth-order valence-electron chi connectivity index (χ4n) is 2.30. The summed E-state index contributed by atoms with van der Waals surface area (Å²) >= 11 is 0. The van der Waals surface area contributed by atoms with Crippen molar-refractivity contribution in [1.82, 2.24) is 9.29 Å². The van der Waals surface area contributed by atoms with E-state index >= 15 is 0 Å². The zero-order chi connectivity index (χ0) is 14.1. The van der Waals surface area contributed by atoms with E-state index in [0.717, 1.165) is 25.3 Å². The summed E-state index contributed by atoms with van der Waals surface area (Å²) in [7, 11) is -3.80. The smallest absolute Gasteiger partial charge is 0.241 e. The highest BCUT2D eigenvalue weighted by atomic mass is 32.2. The lowest BCUT2D eigenvalue weighted by atomic mass is 9.79. The molecule has 0 spiro atoms. The molecule has 1 saturated heterocycles. The summed E-state index contributed by atoms with van der Waals surface area (Å²) in [4.78, 5) is 3.68. The molecule has 6 heteroatoms. The highest BCUT2D eigenvalue weighted by Gasteiger charge is 2.36. The zero-order valence-corrected chi connectivity index (χ0v) is 12.1. The number of aromatic nitrogens is 1. The fourth-order valence-corrected chi connectivity index (χ4v) is 3.72. The Morgan fingerprint density at radius 2 is 2.05 bits per heavy atom. The predicted molar refractivity (Wildman–Crippen MR) is 70.6 cm³/mol. The Morgan fingerprint density at radius 3 is 2.58 bits per heavy atom. The van der Waals surface area contributed by atoms with Crippen LogP contribution in [0.1, 0.15) is 33.1 Å². The summed E-state index contributed by atoms with van der Waals surface area (Å²) < 4.78 is 39.6. The number of halogens is 1. The Labute approximate surface area is 113 Å².